The van der Waals surface area contributed by atoms with Crippen molar-refractivity contribution in [2.75, 3.05) is 13.1 Å². The van der Waals surface area contributed by atoms with Crippen LogP contribution in [0.4, 0.5) is 26.3 Å². The minimum absolute atomic E-state index is 0.0210. The fourth-order valence-corrected chi connectivity index (χ4v) is 4.86. The van der Waals surface area contributed by atoms with Gasteiger partial charge >= 0.3 is 12.4 Å². The number of hydrogen-bond donors (Lipinski definition) is 0. The second-order valence-corrected chi connectivity index (χ2v) is 8.89. The number of amides is 1. The summed E-state index contributed by atoms with van der Waals surface area (Å²) >= 11 is 6.43. The second-order valence-electron chi connectivity index (χ2n) is 8.48. The number of piperidine rings is 1. The van der Waals surface area contributed by atoms with Gasteiger partial charge in [-0.1, -0.05) is 60.1 Å². The predicted molar refractivity (Wildman–Crippen MR) is 120 cm³/mol. The van der Waals surface area contributed by atoms with Gasteiger partial charge in [0.1, 0.15) is 0 Å². The summed E-state index contributed by atoms with van der Waals surface area (Å²) in [6, 6.07) is 17.6. The summed E-state index contributed by atoms with van der Waals surface area (Å²) in [5.41, 5.74) is -1.89. The number of hydrogen-bond acceptors (Lipinski definition) is 1. The molecule has 2 nitrogen and oxygen atoms in total. The Hall–Kier alpha value is -3.00. The van der Waals surface area contributed by atoms with Gasteiger partial charge in [0.25, 0.3) is 5.91 Å². The van der Waals surface area contributed by atoms with Crippen LogP contribution in [-0.2, 0) is 12.4 Å². The lowest BCUT2D eigenvalue weighted by atomic mass is 9.76. The maximum atomic E-state index is 13.3. The Morgan fingerprint density at radius 3 is 1.94 bits per heavy atom. The van der Waals surface area contributed by atoms with Crippen molar-refractivity contribution in [3.63, 3.8) is 0 Å². The normalized spacial score (nSPS) is 19.0. The minimum Gasteiger partial charge on any atom is -0.338 e. The van der Waals surface area contributed by atoms with Crippen molar-refractivity contribution in [1.29, 1.82) is 0 Å². The van der Waals surface area contributed by atoms with Crippen LogP contribution in [0.25, 0.3) is 0 Å². The molecule has 4 rings (SSSR count). The first kappa shape index (κ1) is 25.1. The minimum atomic E-state index is -5.03. The molecule has 0 spiro atoms. The molecule has 2 atom stereocenters. The zero-order chi connectivity index (χ0) is 25.4. The Morgan fingerprint density at radius 1 is 0.800 bits per heavy atom. The van der Waals surface area contributed by atoms with E-state index in [4.69, 9.17) is 11.6 Å². The Kier molecular flexibility index (Phi) is 6.86. The van der Waals surface area contributed by atoms with E-state index in [2.05, 4.69) is 0 Å². The molecule has 0 aromatic heterocycles. The third kappa shape index (κ3) is 5.48. The molecule has 1 heterocycles. The third-order valence-electron chi connectivity index (χ3n) is 6.27. The summed E-state index contributed by atoms with van der Waals surface area (Å²) < 4.78 is 79.8. The van der Waals surface area contributed by atoms with Crippen molar-refractivity contribution in [1.82, 2.24) is 4.90 Å². The summed E-state index contributed by atoms with van der Waals surface area (Å²) in [5.74, 6) is -1.20. The van der Waals surface area contributed by atoms with Gasteiger partial charge in [0.15, 0.2) is 0 Å². The number of rotatable bonds is 3. The zero-order valence-electron chi connectivity index (χ0n) is 18.2. The maximum Gasteiger partial charge on any atom is 0.416 e. The average molecular weight is 512 g/mol. The molecule has 0 N–H and O–H groups in total. The van der Waals surface area contributed by atoms with E-state index in [0.717, 1.165) is 11.1 Å². The molecule has 1 amide bonds. The standard InChI is InChI=1S/C26H20ClF6NO/c27-23-9-5-4-8-21(23)20-10-11-34(15-22(20)16-6-2-1-3-7-16)24(35)17-12-18(25(28,29)30)14-19(13-17)26(31,32)33/h1-9,12-14,20,22H,10-11,15H2/t20-,22+/m1/s1. The van der Waals surface area contributed by atoms with E-state index < -0.39 is 35.0 Å². The van der Waals surface area contributed by atoms with E-state index in [1.54, 1.807) is 12.1 Å². The quantitative estimate of drug-likeness (QED) is 0.329. The molecular formula is C26H20ClF6NO. The van der Waals surface area contributed by atoms with E-state index in [1.807, 2.05) is 42.5 Å². The Morgan fingerprint density at radius 2 is 1.37 bits per heavy atom. The lowest BCUT2D eigenvalue weighted by molar-refractivity contribution is -0.143. The van der Waals surface area contributed by atoms with Crippen molar-refractivity contribution in [2.45, 2.75) is 30.6 Å². The van der Waals surface area contributed by atoms with Gasteiger partial charge in [0, 0.05) is 29.6 Å². The van der Waals surface area contributed by atoms with Crippen LogP contribution in [-0.4, -0.2) is 23.9 Å². The molecule has 1 aliphatic rings. The molecule has 3 aromatic rings. The second kappa shape index (κ2) is 9.57. The van der Waals surface area contributed by atoms with Crippen LogP contribution in [0.3, 0.4) is 0 Å². The molecule has 0 aliphatic carbocycles. The molecular weight excluding hydrogens is 492 g/mol. The smallest absolute Gasteiger partial charge is 0.338 e. The summed E-state index contributed by atoms with van der Waals surface area (Å²) in [5, 5.41) is 0.561. The van der Waals surface area contributed by atoms with Crippen LogP contribution >= 0.6 is 11.6 Å². The first-order chi connectivity index (χ1) is 16.4. The number of alkyl halides is 6. The Labute approximate surface area is 203 Å². The van der Waals surface area contributed by atoms with Crippen LogP contribution in [0.15, 0.2) is 72.8 Å². The van der Waals surface area contributed by atoms with Gasteiger partial charge in [-0.3, -0.25) is 4.79 Å². The predicted octanol–water partition coefficient (Wildman–Crippen LogP) is 7.79. The van der Waals surface area contributed by atoms with Gasteiger partial charge in [0.05, 0.1) is 11.1 Å². The number of carbonyl (C=O) groups is 1. The molecule has 184 valence electrons. The fourth-order valence-electron chi connectivity index (χ4n) is 4.58. The molecule has 35 heavy (non-hydrogen) atoms. The van der Waals surface area contributed by atoms with Crippen LogP contribution in [0.2, 0.25) is 5.02 Å². The highest BCUT2D eigenvalue weighted by atomic mass is 35.5. The summed E-state index contributed by atoms with van der Waals surface area (Å²) in [6.07, 6.45) is -9.61. The highest BCUT2D eigenvalue weighted by molar-refractivity contribution is 6.31. The number of carbonyl (C=O) groups excluding carboxylic acids is 1. The molecule has 0 bridgehead atoms. The van der Waals surface area contributed by atoms with Gasteiger partial charge in [0.2, 0.25) is 0 Å². The summed E-state index contributed by atoms with van der Waals surface area (Å²) in [4.78, 5) is 14.5. The van der Waals surface area contributed by atoms with E-state index in [1.165, 1.54) is 4.90 Å². The molecule has 0 saturated carbocycles. The topological polar surface area (TPSA) is 20.3 Å². The number of benzene rings is 3. The van der Waals surface area contributed by atoms with Crippen LogP contribution in [0, 0.1) is 0 Å². The van der Waals surface area contributed by atoms with E-state index >= 15 is 0 Å². The average Bonchev–Trinajstić information content (AvgIpc) is 2.83. The Bertz CT molecular complexity index is 1180. The first-order valence-corrected chi connectivity index (χ1v) is 11.2. The van der Waals surface area contributed by atoms with E-state index in [9.17, 15) is 31.1 Å². The highest BCUT2D eigenvalue weighted by Gasteiger charge is 2.39. The monoisotopic (exact) mass is 511 g/mol. The molecule has 3 aromatic carbocycles. The zero-order valence-corrected chi connectivity index (χ0v) is 19.0. The number of halogens is 7. The first-order valence-electron chi connectivity index (χ1n) is 10.8. The maximum absolute atomic E-state index is 13.3. The largest absolute Gasteiger partial charge is 0.416 e. The molecule has 1 fully saturated rings. The van der Waals surface area contributed by atoms with Gasteiger partial charge in [-0.25, -0.2) is 0 Å². The van der Waals surface area contributed by atoms with Gasteiger partial charge in [-0.15, -0.1) is 0 Å². The fraction of sp³-hybridized carbons (Fsp3) is 0.269. The molecule has 0 unspecified atom stereocenters. The lowest BCUT2D eigenvalue weighted by Gasteiger charge is -2.39. The number of likely N-dealkylation sites (tertiary alicyclic amines) is 1. The van der Waals surface area contributed by atoms with Gasteiger partial charge < -0.3 is 4.90 Å². The van der Waals surface area contributed by atoms with Crippen LogP contribution < -0.4 is 0 Å². The highest BCUT2D eigenvalue weighted by Crippen LogP contribution is 2.43. The Balaban J connectivity index is 1.70. The van der Waals surface area contributed by atoms with Gasteiger partial charge in [-0.05, 0) is 47.7 Å². The lowest BCUT2D eigenvalue weighted by Crippen LogP contribution is -2.42. The van der Waals surface area contributed by atoms with Crippen molar-refractivity contribution in [3.05, 3.63) is 106 Å². The van der Waals surface area contributed by atoms with Gasteiger partial charge in [-0.2, -0.15) is 26.3 Å². The summed E-state index contributed by atoms with van der Waals surface area (Å²) in [7, 11) is 0. The van der Waals surface area contributed by atoms with Crippen molar-refractivity contribution < 1.29 is 31.1 Å². The molecule has 1 saturated heterocycles. The van der Waals surface area contributed by atoms with Crippen molar-refractivity contribution >= 4 is 17.5 Å². The number of nitrogens with zero attached hydrogens (tertiary/aromatic N) is 1. The summed E-state index contributed by atoms with van der Waals surface area (Å²) in [6.45, 7) is 0.284. The SMILES string of the molecule is O=C(c1cc(C(F)(F)F)cc(C(F)(F)F)c1)N1CC[C@H](c2ccccc2Cl)[C@H](c2ccccc2)C1. The van der Waals surface area contributed by atoms with E-state index in [-0.39, 0.29) is 31.0 Å². The molecule has 0 radical (unpaired) electrons. The van der Waals surface area contributed by atoms with Crippen molar-refractivity contribution in [3.8, 4) is 0 Å². The molecule has 1 aliphatic heterocycles. The molecule has 9 heteroatoms. The van der Waals surface area contributed by atoms with Crippen molar-refractivity contribution in [2.24, 2.45) is 0 Å². The van der Waals surface area contributed by atoms with Crippen LogP contribution in [0.1, 0.15) is 50.9 Å². The van der Waals surface area contributed by atoms with Crippen LogP contribution in [0.5, 0.6) is 0 Å². The van der Waals surface area contributed by atoms with E-state index in [0.29, 0.717) is 23.6 Å². The third-order valence-corrected chi connectivity index (χ3v) is 6.61.